The summed E-state index contributed by atoms with van der Waals surface area (Å²) in [6, 6.07) is 21.0. The van der Waals surface area contributed by atoms with Gasteiger partial charge in [-0.1, -0.05) is 79.4 Å². The highest BCUT2D eigenvalue weighted by atomic mass is 19.3. The summed E-state index contributed by atoms with van der Waals surface area (Å²) in [6.07, 6.45) is 4.98. The average molecular weight is 545 g/mol. The monoisotopic (exact) mass is 544 g/mol. The maximum atomic E-state index is 14.5. The Balaban J connectivity index is 1.56. The van der Waals surface area contributed by atoms with E-state index >= 15 is 0 Å². The lowest BCUT2D eigenvalue weighted by atomic mass is 9.92. The normalized spacial score (nSPS) is 14.2. The van der Waals surface area contributed by atoms with Crippen molar-refractivity contribution in [2.24, 2.45) is 0 Å². The molecule has 0 atom stereocenters. The lowest BCUT2D eigenvalue weighted by molar-refractivity contribution is -0.115. The van der Waals surface area contributed by atoms with Crippen molar-refractivity contribution in [3.63, 3.8) is 0 Å². The van der Waals surface area contributed by atoms with Gasteiger partial charge in [0.25, 0.3) is 5.92 Å². The number of rotatable bonds is 9. The van der Waals surface area contributed by atoms with Crippen LogP contribution in [0.2, 0.25) is 0 Å². The lowest BCUT2D eigenvalue weighted by Crippen LogP contribution is -2.43. The average Bonchev–Trinajstić information content (AvgIpc) is 3.48. The molecule has 208 valence electrons. The lowest BCUT2D eigenvalue weighted by Gasteiger charge is -2.38. The summed E-state index contributed by atoms with van der Waals surface area (Å²) in [4.78, 5) is 15.1. The number of halogens is 2. The Morgan fingerprint density at radius 2 is 1.75 bits per heavy atom. The van der Waals surface area contributed by atoms with Gasteiger partial charge in [0.05, 0.1) is 24.3 Å². The first-order valence-electron chi connectivity index (χ1n) is 13.7. The van der Waals surface area contributed by atoms with E-state index in [0.29, 0.717) is 17.2 Å². The van der Waals surface area contributed by atoms with E-state index in [-0.39, 0.29) is 18.4 Å². The van der Waals surface area contributed by atoms with Crippen LogP contribution in [0.25, 0.3) is 22.5 Å². The third-order valence-electron chi connectivity index (χ3n) is 7.35. The first-order chi connectivity index (χ1) is 19.3. The molecule has 1 fully saturated rings. The van der Waals surface area contributed by atoms with Crippen molar-refractivity contribution in [3.05, 3.63) is 77.9 Å². The standard InChI is InChI=1S/C31H34F2N6O/c1-21-12-14-22(15-13-21)18-29(40)34-27-19-23(25-10-6-7-11-26(25)30-35-37-38-36-30)16-17-28(27)39(20-31(2,32)33)24-8-4-3-5-9-24/h6-7,10-17,19,24H,3-5,8-9,18,20H2,1-2H3,(H,34,40)(H,35,36,37,38). The quantitative estimate of drug-likeness (QED) is 0.242. The Hall–Kier alpha value is -4.14. The van der Waals surface area contributed by atoms with Gasteiger partial charge >= 0.3 is 0 Å². The number of carbonyl (C=O) groups is 1. The highest BCUT2D eigenvalue weighted by Crippen LogP contribution is 2.39. The van der Waals surface area contributed by atoms with Crippen molar-refractivity contribution >= 4 is 17.3 Å². The number of alkyl halides is 2. The highest BCUT2D eigenvalue weighted by Gasteiger charge is 2.32. The predicted molar refractivity (Wildman–Crippen MR) is 153 cm³/mol. The van der Waals surface area contributed by atoms with E-state index in [2.05, 4.69) is 25.9 Å². The molecule has 2 N–H and O–H groups in total. The van der Waals surface area contributed by atoms with Crippen molar-refractivity contribution in [1.29, 1.82) is 0 Å². The first-order valence-corrected chi connectivity index (χ1v) is 13.7. The molecule has 5 rings (SSSR count). The zero-order chi connectivity index (χ0) is 28.1. The number of anilines is 2. The molecule has 1 aliphatic rings. The molecule has 1 amide bonds. The fourth-order valence-corrected chi connectivity index (χ4v) is 5.45. The first kappa shape index (κ1) is 27.4. The molecule has 1 aliphatic carbocycles. The topological polar surface area (TPSA) is 86.8 Å². The van der Waals surface area contributed by atoms with Gasteiger partial charge < -0.3 is 10.2 Å². The van der Waals surface area contributed by atoms with Crippen LogP contribution in [0.3, 0.4) is 0 Å². The third kappa shape index (κ3) is 6.70. The molecule has 1 aromatic heterocycles. The van der Waals surface area contributed by atoms with Gasteiger partial charge in [-0.3, -0.25) is 4.79 Å². The van der Waals surface area contributed by atoms with Gasteiger partial charge in [-0.05, 0) is 53.8 Å². The number of H-pyrrole nitrogens is 1. The summed E-state index contributed by atoms with van der Waals surface area (Å²) in [6.45, 7) is 2.53. The van der Waals surface area contributed by atoms with Gasteiger partial charge in [-0.15, -0.1) is 10.2 Å². The van der Waals surface area contributed by atoms with E-state index in [9.17, 15) is 13.6 Å². The Kier molecular flexibility index (Phi) is 8.19. The van der Waals surface area contributed by atoms with E-state index in [1.54, 1.807) is 4.90 Å². The summed E-state index contributed by atoms with van der Waals surface area (Å²) in [5.41, 5.74) is 5.52. The SMILES string of the molecule is Cc1ccc(CC(=O)Nc2cc(-c3ccccc3-c3nn[nH]n3)ccc2N(CC(C)(F)F)C2CCCCC2)cc1. The van der Waals surface area contributed by atoms with E-state index < -0.39 is 12.5 Å². The van der Waals surface area contributed by atoms with E-state index in [1.165, 1.54) is 0 Å². The molecule has 3 aromatic carbocycles. The maximum Gasteiger partial charge on any atom is 0.262 e. The summed E-state index contributed by atoms with van der Waals surface area (Å²) >= 11 is 0. The summed E-state index contributed by atoms with van der Waals surface area (Å²) in [5, 5.41) is 17.5. The van der Waals surface area contributed by atoms with E-state index in [0.717, 1.165) is 66.8 Å². The molecular formula is C31H34F2N6O. The Labute approximate surface area is 233 Å². The van der Waals surface area contributed by atoms with Crippen LogP contribution in [0, 0.1) is 6.92 Å². The molecule has 0 spiro atoms. The third-order valence-corrected chi connectivity index (χ3v) is 7.35. The van der Waals surface area contributed by atoms with Gasteiger partial charge in [0.2, 0.25) is 11.7 Å². The molecule has 1 heterocycles. The molecule has 0 bridgehead atoms. The fraction of sp³-hybridized carbons (Fsp3) is 0.355. The van der Waals surface area contributed by atoms with Crippen molar-refractivity contribution in [2.45, 2.75) is 64.3 Å². The number of tetrazole rings is 1. The molecule has 4 aromatic rings. The minimum Gasteiger partial charge on any atom is -0.361 e. The van der Waals surface area contributed by atoms with Crippen LogP contribution in [0.5, 0.6) is 0 Å². The van der Waals surface area contributed by atoms with Crippen LogP contribution < -0.4 is 10.2 Å². The van der Waals surface area contributed by atoms with Crippen molar-refractivity contribution in [1.82, 2.24) is 20.6 Å². The number of amides is 1. The number of aryl methyl sites for hydroxylation is 1. The van der Waals surface area contributed by atoms with Crippen LogP contribution in [-0.4, -0.2) is 45.0 Å². The second-order valence-electron chi connectivity index (χ2n) is 10.7. The summed E-state index contributed by atoms with van der Waals surface area (Å²) < 4.78 is 29.1. The van der Waals surface area contributed by atoms with Crippen molar-refractivity contribution in [2.75, 3.05) is 16.8 Å². The minimum absolute atomic E-state index is 0.0233. The van der Waals surface area contributed by atoms with Crippen molar-refractivity contribution in [3.8, 4) is 22.5 Å². The number of aromatic nitrogens is 4. The number of hydrogen-bond donors (Lipinski definition) is 2. The molecule has 0 aliphatic heterocycles. The molecular weight excluding hydrogens is 510 g/mol. The predicted octanol–water partition coefficient (Wildman–Crippen LogP) is 6.82. The van der Waals surface area contributed by atoms with Gasteiger partial charge in [0, 0.05) is 18.5 Å². The largest absolute Gasteiger partial charge is 0.361 e. The maximum absolute atomic E-state index is 14.5. The summed E-state index contributed by atoms with van der Waals surface area (Å²) in [7, 11) is 0. The number of hydrogen-bond acceptors (Lipinski definition) is 5. The number of benzene rings is 3. The number of carbonyl (C=O) groups excluding carboxylic acids is 1. The molecule has 0 unspecified atom stereocenters. The second-order valence-corrected chi connectivity index (χ2v) is 10.7. The van der Waals surface area contributed by atoms with Gasteiger partial charge in [-0.2, -0.15) is 5.21 Å². The Morgan fingerprint density at radius 3 is 2.42 bits per heavy atom. The van der Waals surface area contributed by atoms with Crippen molar-refractivity contribution < 1.29 is 13.6 Å². The van der Waals surface area contributed by atoms with E-state index in [4.69, 9.17) is 0 Å². The molecule has 9 heteroatoms. The Morgan fingerprint density at radius 1 is 1.02 bits per heavy atom. The smallest absolute Gasteiger partial charge is 0.262 e. The number of nitrogens with one attached hydrogen (secondary N) is 2. The fourth-order valence-electron chi connectivity index (χ4n) is 5.45. The second kappa shape index (κ2) is 11.9. The van der Waals surface area contributed by atoms with Crippen LogP contribution in [0.1, 0.15) is 50.2 Å². The molecule has 0 saturated heterocycles. The molecule has 0 radical (unpaired) electrons. The molecule has 40 heavy (non-hydrogen) atoms. The van der Waals surface area contributed by atoms with Crippen LogP contribution >= 0.6 is 0 Å². The van der Waals surface area contributed by atoms with E-state index in [1.807, 2.05) is 73.7 Å². The molecule has 7 nitrogen and oxygen atoms in total. The zero-order valence-corrected chi connectivity index (χ0v) is 22.8. The number of aromatic amines is 1. The summed E-state index contributed by atoms with van der Waals surface area (Å²) in [5.74, 6) is -2.66. The minimum atomic E-state index is -2.90. The highest BCUT2D eigenvalue weighted by molar-refractivity contribution is 5.97. The number of nitrogens with zero attached hydrogens (tertiary/aromatic N) is 4. The molecule has 1 saturated carbocycles. The zero-order valence-electron chi connectivity index (χ0n) is 22.8. The van der Waals surface area contributed by atoms with Gasteiger partial charge in [0.15, 0.2) is 0 Å². The van der Waals surface area contributed by atoms with Crippen LogP contribution in [0.4, 0.5) is 20.2 Å². The van der Waals surface area contributed by atoms with Gasteiger partial charge in [0.1, 0.15) is 0 Å². The van der Waals surface area contributed by atoms with Crippen LogP contribution in [0.15, 0.2) is 66.7 Å². The van der Waals surface area contributed by atoms with Gasteiger partial charge in [-0.25, -0.2) is 8.78 Å². The van der Waals surface area contributed by atoms with Crippen LogP contribution in [-0.2, 0) is 11.2 Å². The Bertz CT molecular complexity index is 1430.